The first kappa shape index (κ1) is 56.0. The van der Waals surface area contributed by atoms with Crippen LogP contribution in [0.1, 0.15) is 88.2 Å². The number of aliphatic carboxylic acids is 5. The zero-order valence-corrected chi connectivity index (χ0v) is 38.2. The van der Waals surface area contributed by atoms with E-state index in [-0.39, 0.29) is 12.3 Å². The fourth-order valence-corrected chi connectivity index (χ4v) is 8.06. The molecule has 0 unspecified atom stereocenters. The van der Waals surface area contributed by atoms with Crippen LogP contribution in [0.25, 0.3) is 0 Å². The second kappa shape index (κ2) is 27.4. The lowest BCUT2D eigenvalue weighted by Crippen LogP contribution is -2.61. The van der Waals surface area contributed by atoms with E-state index < -0.39 is 151 Å². The molecule has 374 valence electrons. The van der Waals surface area contributed by atoms with Gasteiger partial charge in [0.15, 0.2) is 5.92 Å². The molecule has 0 heterocycles. The molecule has 69 heavy (non-hydrogen) atoms. The van der Waals surface area contributed by atoms with Crippen LogP contribution in [0.3, 0.4) is 0 Å². The van der Waals surface area contributed by atoms with Gasteiger partial charge < -0.3 is 57.4 Å². The number of thiol groups is 1. The molecule has 1 aliphatic rings. The maximum Gasteiger partial charge on any atom is 0.374 e. The van der Waals surface area contributed by atoms with Gasteiger partial charge in [0.25, 0.3) is 5.78 Å². The predicted molar refractivity (Wildman–Crippen MR) is 242 cm³/mol. The summed E-state index contributed by atoms with van der Waals surface area (Å²) in [5.41, 5.74) is 0.688. The Bertz CT molecular complexity index is 2140. The SMILES string of the molecule is CC(=O)N[C@@H](CC(=O)O)C(=O)N[C@H](CC(C(=O)O)C(=O)O)C(=O)N[C@H](C(=O)N[C@@H](CCC(=O)O)C(=O)N[C@@H](CC1CCCCC1)C(=O)N[C@@H](CS)C(=O)C(=O)O)C(c1ccccc1)c1ccccc1. The second-order valence-corrected chi connectivity index (χ2v) is 16.7. The van der Waals surface area contributed by atoms with E-state index >= 15 is 0 Å². The normalized spacial score (nSPS) is 15.1. The van der Waals surface area contributed by atoms with Gasteiger partial charge in [-0.3, -0.25) is 52.7 Å². The summed E-state index contributed by atoms with van der Waals surface area (Å²) in [7, 11) is 0. The van der Waals surface area contributed by atoms with Gasteiger partial charge in [-0.05, 0) is 29.9 Å². The molecule has 0 radical (unpaired) electrons. The van der Waals surface area contributed by atoms with Gasteiger partial charge in [-0.1, -0.05) is 92.8 Å². The Kier molecular flexibility index (Phi) is 22.3. The Balaban J connectivity index is 2.17. The molecule has 24 heteroatoms. The molecule has 2 aromatic rings. The lowest BCUT2D eigenvalue weighted by atomic mass is 9.84. The number of ketones is 1. The number of carbonyl (C=O) groups excluding carboxylic acids is 7. The van der Waals surface area contributed by atoms with Crippen LogP contribution in [-0.2, 0) is 57.5 Å². The standard InChI is InChI=1S/C45H56N6O17S/c1-23(52)46-31(21-34(55)56)40(60)49-30(20-27(43(63)64)44(65)66)41(61)51-36(35(25-13-7-3-8-14-25)26-15-9-4-10-16-26)42(62)47-28(17-18-33(53)54)38(58)48-29(19-24-11-5-2-6-12-24)39(59)50-32(22-69)37(57)45(67)68/h3-4,7-10,13-16,24,27-32,35-36,69H,2,5-6,11-12,17-22H2,1H3,(H,46,52)(H,47,62)(H,48,58)(H,49,60)(H,50,59)(H,51,61)(H,53,54)(H,55,56)(H,63,64)(H,65,66)(H,67,68)/t28-,29-,30+,31-,32-,36-/m0/s1. The van der Waals surface area contributed by atoms with Crippen molar-refractivity contribution >= 4 is 83.7 Å². The molecule has 11 N–H and O–H groups in total. The smallest absolute Gasteiger partial charge is 0.374 e. The molecule has 0 saturated heterocycles. The molecule has 1 aliphatic carbocycles. The predicted octanol–water partition coefficient (Wildman–Crippen LogP) is -0.184. The quantitative estimate of drug-likeness (QED) is 0.0299. The molecule has 3 rings (SSSR count). The Hall–Kier alpha value is -7.37. The van der Waals surface area contributed by atoms with Crippen LogP contribution in [0.15, 0.2) is 60.7 Å². The Morgan fingerprint density at radius 2 is 1.04 bits per heavy atom. The summed E-state index contributed by atoms with van der Waals surface area (Å²) in [6, 6.07) is 5.10. The van der Waals surface area contributed by atoms with Crippen molar-refractivity contribution in [3.05, 3.63) is 71.8 Å². The summed E-state index contributed by atoms with van der Waals surface area (Å²) >= 11 is 3.99. The number of hydrogen-bond donors (Lipinski definition) is 12. The van der Waals surface area contributed by atoms with Gasteiger partial charge in [-0.25, -0.2) is 4.79 Å². The first-order valence-electron chi connectivity index (χ1n) is 21.8. The average molecular weight is 985 g/mol. The number of carbonyl (C=O) groups is 12. The van der Waals surface area contributed by atoms with E-state index in [2.05, 4.69) is 44.5 Å². The van der Waals surface area contributed by atoms with Gasteiger partial charge in [0.1, 0.15) is 36.3 Å². The van der Waals surface area contributed by atoms with Crippen LogP contribution >= 0.6 is 12.6 Å². The Morgan fingerprint density at radius 3 is 1.52 bits per heavy atom. The fraction of sp³-hybridized carbons (Fsp3) is 0.467. The molecule has 0 aromatic heterocycles. The van der Waals surface area contributed by atoms with Crippen molar-refractivity contribution in [3.8, 4) is 0 Å². The van der Waals surface area contributed by atoms with E-state index in [4.69, 9.17) is 0 Å². The van der Waals surface area contributed by atoms with Crippen molar-refractivity contribution in [2.75, 3.05) is 5.75 Å². The van der Waals surface area contributed by atoms with Crippen LogP contribution < -0.4 is 31.9 Å². The van der Waals surface area contributed by atoms with Crippen LogP contribution in [0.5, 0.6) is 0 Å². The Morgan fingerprint density at radius 1 is 0.565 bits per heavy atom. The van der Waals surface area contributed by atoms with Crippen LogP contribution in [0.4, 0.5) is 0 Å². The van der Waals surface area contributed by atoms with Gasteiger partial charge in [0.05, 0.1) is 6.42 Å². The number of carboxylic acids is 5. The molecular formula is C45H56N6O17S. The number of amides is 6. The summed E-state index contributed by atoms with van der Waals surface area (Å²) < 4.78 is 0. The van der Waals surface area contributed by atoms with E-state index in [1.165, 1.54) is 0 Å². The van der Waals surface area contributed by atoms with Crippen molar-refractivity contribution in [2.45, 2.75) is 113 Å². The number of benzene rings is 2. The summed E-state index contributed by atoms with van der Waals surface area (Å²) in [5.74, 6) is -21.2. The molecule has 0 spiro atoms. The van der Waals surface area contributed by atoms with Crippen molar-refractivity contribution < 1.29 is 83.1 Å². The number of hydrogen-bond acceptors (Lipinski definition) is 13. The molecule has 6 amide bonds. The van der Waals surface area contributed by atoms with Crippen molar-refractivity contribution in [1.29, 1.82) is 0 Å². The first-order valence-corrected chi connectivity index (χ1v) is 22.4. The third kappa shape index (κ3) is 18.0. The number of rotatable bonds is 28. The molecule has 0 bridgehead atoms. The molecule has 1 saturated carbocycles. The summed E-state index contributed by atoms with van der Waals surface area (Å²) in [6.45, 7) is 0.951. The average Bonchev–Trinajstić information content (AvgIpc) is 3.29. The fourth-order valence-electron chi connectivity index (χ4n) is 7.80. The zero-order valence-electron chi connectivity index (χ0n) is 37.3. The minimum absolute atomic E-state index is 0.00343. The largest absolute Gasteiger partial charge is 0.481 e. The summed E-state index contributed by atoms with van der Waals surface area (Å²) in [6.07, 6.45) is 0.244. The molecular weight excluding hydrogens is 929 g/mol. The van der Waals surface area contributed by atoms with E-state index in [9.17, 15) is 83.1 Å². The maximum atomic E-state index is 14.9. The summed E-state index contributed by atoms with van der Waals surface area (Å²) in [4.78, 5) is 154. The van der Waals surface area contributed by atoms with E-state index in [0.717, 1.165) is 26.2 Å². The Labute approximate surface area is 400 Å². The lowest BCUT2D eigenvalue weighted by Gasteiger charge is -2.32. The van der Waals surface area contributed by atoms with E-state index in [0.29, 0.717) is 24.0 Å². The summed E-state index contributed by atoms with van der Waals surface area (Å²) in [5, 5.41) is 61.9. The van der Waals surface area contributed by atoms with E-state index in [1.807, 2.05) is 0 Å². The minimum atomic E-state index is -2.38. The first-order chi connectivity index (χ1) is 32.6. The van der Waals surface area contributed by atoms with Gasteiger partial charge in [-0.2, -0.15) is 12.6 Å². The highest BCUT2D eigenvalue weighted by atomic mass is 32.1. The monoisotopic (exact) mass is 984 g/mol. The number of Topliss-reactive ketones (excluding diaryl/α,β-unsaturated/α-hetero) is 1. The van der Waals surface area contributed by atoms with Gasteiger partial charge in [0, 0.05) is 31.4 Å². The third-order valence-corrected chi connectivity index (χ3v) is 11.6. The highest BCUT2D eigenvalue weighted by Gasteiger charge is 2.41. The minimum Gasteiger partial charge on any atom is -0.481 e. The highest BCUT2D eigenvalue weighted by molar-refractivity contribution is 7.80. The van der Waals surface area contributed by atoms with Crippen molar-refractivity contribution in [3.63, 3.8) is 0 Å². The molecule has 0 aliphatic heterocycles. The molecule has 1 fully saturated rings. The number of carboxylic acid groups (broad SMARTS) is 5. The zero-order chi connectivity index (χ0) is 51.4. The van der Waals surface area contributed by atoms with Crippen LogP contribution in [0, 0.1) is 11.8 Å². The third-order valence-electron chi connectivity index (χ3n) is 11.2. The molecule has 6 atom stereocenters. The van der Waals surface area contributed by atoms with E-state index in [1.54, 1.807) is 60.7 Å². The van der Waals surface area contributed by atoms with Crippen LogP contribution in [-0.4, -0.2) is 139 Å². The molecule has 2 aromatic carbocycles. The highest BCUT2D eigenvalue weighted by Crippen LogP contribution is 2.30. The van der Waals surface area contributed by atoms with Gasteiger partial charge in [0.2, 0.25) is 35.4 Å². The van der Waals surface area contributed by atoms with Gasteiger partial charge in [-0.15, -0.1) is 0 Å². The topological polar surface area (TPSA) is 378 Å². The number of nitrogens with one attached hydrogen (secondary N) is 6. The van der Waals surface area contributed by atoms with Gasteiger partial charge >= 0.3 is 29.8 Å². The second-order valence-electron chi connectivity index (χ2n) is 16.4. The lowest BCUT2D eigenvalue weighted by molar-refractivity contribution is -0.156. The van der Waals surface area contributed by atoms with Crippen LogP contribution in [0.2, 0.25) is 0 Å². The molecule has 23 nitrogen and oxygen atoms in total. The van der Waals surface area contributed by atoms with Crippen molar-refractivity contribution in [1.82, 2.24) is 31.9 Å². The maximum absolute atomic E-state index is 14.9. The van der Waals surface area contributed by atoms with Crippen molar-refractivity contribution in [2.24, 2.45) is 11.8 Å².